The van der Waals surface area contributed by atoms with E-state index in [1.807, 2.05) is 18.2 Å². The van der Waals surface area contributed by atoms with Gasteiger partial charge in [0.1, 0.15) is 5.82 Å². The third kappa shape index (κ3) is 3.82. The van der Waals surface area contributed by atoms with Crippen molar-refractivity contribution in [2.75, 3.05) is 0 Å². The fourth-order valence-corrected chi connectivity index (χ4v) is 4.63. The molecule has 0 bridgehead atoms. The third-order valence-corrected chi connectivity index (χ3v) is 6.28. The summed E-state index contributed by atoms with van der Waals surface area (Å²) in [4.78, 5) is 17.5. The van der Waals surface area contributed by atoms with Crippen molar-refractivity contribution in [3.8, 4) is 0 Å². The van der Waals surface area contributed by atoms with Crippen molar-refractivity contribution in [3.63, 3.8) is 0 Å². The number of rotatable bonds is 5. The van der Waals surface area contributed by atoms with Crippen molar-refractivity contribution in [1.82, 2.24) is 14.9 Å². The van der Waals surface area contributed by atoms with E-state index in [2.05, 4.69) is 58.4 Å². The van der Waals surface area contributed by atoms with Crippen molar-refractivity contribution in [2.24, 2.45) is 5.92 Å². The molecule has 4 heteroatoms. The highest BCUT2D eigenvalue weighted by molar-refractivity contribution is 5.83. The highest BCUT2D eigenvalue weighted by Gasteiger charge is 2.21. The summed E-state index contributed by atoms with van der Waals surface area (Å²) in [5.41, 5.74) is 3.31. The van der Waals surface area contributed by atoms with Gasteiger partial charge < -0.3 is 9.88 Å². The number of fused-ring (bicyclic) bond motifs is 2. The van der Waals surface area contributed by atoms with Crippen molar-refractivity contribution >= 4 is 27.7 Å². The largest absolute Gasteiger partial charge is 0.349 e. The Bertz CT molecular complexity index is 1190. The maximum atomic E-state index is 12.7. The van der Waals surface area contributed by atoms with E-state index in [0.29, 0.717) is 6.54 Å². The number of nitrogens with one attached hydrogen (secondary N) is 1. The van der Waals surface area contributed by atoms with Gasteiger partial charge in [-0.05, 0) is 47.4 Å². The van der Waals surface area contributed by atoms with Crippen LogP contribution in [0, 0.1) is 5.92 Å². The SMILES string of the molecule is O=C(NCc1nc2ccccc2n1Cc1ccc2ccccc2c1)C1CCCCC1. The molecular formula is C26H27N3O. The molecule has 0 radical (unpaired) electrons. The molecule has 0 spiro atoms. The van der Waals surface area contributed by atoms with Crippen molar-refractivity contribution in [3.05, 3.63) is 78.1 Å². The molecule has 1 saturated carbocycles. The van der Waals surface area contributed by atoms with Crippen LogP contribution < -0.4 is 5.32 Å². The zero-order valence-electron chi connectivity index (χ0n) is 17.2. The van der Waals surface area contributed by atoms with E-state index >= 15 is 0 Å². The first-order chi connectivity index (χ1) is 14.8. The van der Waals surface area contributed by atoms with Crippen LogP contribution in [0.4, 0.5) is 0 Å². The molecular weight excluding hydrogens is 370 g/mol. The van der Waals surface area contributed by atoms with Gasteiger partial charge in [0.05, 0.1) is 17.6 Å². The fraction of sp³-hybridized carbons (Fsp3) is 0.308. The Kier molecular flexibility index (Phi) is 5.22. The standard InChI is InChI=1S/C26H27N3O/c30-26(21-9-2-1-3-10-21)27-17-25-28-23-12-6-7-13-24(23)29(25)18-19-14-15-20-8-4-5-11-22(20)16-19/h4-8,11-16,21H,1-3,9-10,17-18H2,(H,27,30). The van der Waals surface area contributed by atoms with Gasteiger partial charge in [-0.2, -0.15) is 0 Å². The van der Waals surface area contributed by atoms with Crippen molar-refractivity contribution in [2.45, 2.75) is 45.2 Å². The molecule has 4 aromatic rings. The zero-order chi connectivity index (χ0) is 20.3. The summed E-state index contributed by atoms with van der Waals surface area (Å²) < 4.78 is 2.24. The highest BCUT2D eigenvalue weighted by Crippen LogP contribution is 2.24. The summed E-state index contributed by atoms with van der Waals surface area (Å²) in [6.07, 6.45) is 5.61. The van der Waals surface area contributed by atoms with Crippen LogP contribution in [0.25, 0.3) is 21.8 Å². The molecule has 1 fully saturated rings. The first kappa shape index (κ1) is 18.9. The lowest BCUT2D eigenvalue weighted by molar-refractivity contribution is -0.126. The second-order valence-electron chi connectivity index (χ2n) is 8.34. The molecule has 1 heterocycles. The maximum absolute atomic E-state index is 12.7. The molecule has 1 N–H and O–H groups in total. The first-order valence-electron chi connectivity index (χ1n) is 11.0. The second-order valence-corrected chi connectivity index (χ2v) is 8.34. The summed E-state index contributed by atoms with van der Waals surface area (Å²) in [7, 11) is 0. The fourth-order valence-electron chi connectivity index (χ4n) is 4.63. The summed E-state index contributed by atoms with van der Waals surface area (Å²) in [5.74, 6) is 1.25. The third-order valence-electron chi connectivity index (χ3n) is 6.28. The lowest BCUT2D eigenvalue weighted by Crippen LogP contribution is -2.32. The molecule has 4 nitrogen and oxygen atoms in total. The Labute approximate surface area is 176 Å². The average Bonchev–Trinajstić information content (AvgIpc) is 3.15. The van der Waals surface area contributed by atoms with E-state index in [0.717, 1.165) is 36.2 Å². The van der Waals surface area contributed by atoms with Gasteiger partial charge in [-0.1, -0.05) is 67.8 Å². The molecule has 1 amide bonds. The molecule has 0 unspecified atom stereocenters. The number of benzene rings is 3. The van der Waals surface area contributed by atoms with Crippen LogP contribution in [0.2, 0.25) is 0 Å². The molecule has 1 aliphatic carbocycles. The summed E-state index contributed by atoms with van der Waals surface area (Å²) in [6.45, 7) is 1.21. The number of imidazole rings is 1. The number of carbonyl (C=O) groups is 1. The van der Waals surface area contributed by atoms with Gasteiger partial charge in [-0.3, -0.25) is 4.79 Å². The number of amides is 1. The summed E-state index contributed by atoms with van der Waals surface area (Å²) >= 11 is 0. The van der Waals surface area contributed by atoms with Gasteiger partial charge >= 0.3 is 0 Å². The van der Waals surface area contributed by atoms with E-state index in [9.17, 15) is 4.79 Å². The number of carbonyl (C=O) groups excluding carboxylic acids is 1. The van der Waals surface area contributed by atoms with Gasteiger partial charge in [-0.15, -0.1) is 0 Å². The monoisotopic (exact) mass is 397 g/mol. The molecule has 152 valence electrons. The highest BCUT2D eigenvalue weighted by atomic mass is 16.1. The average molecular weight is 398 g/mol. The first-order valence-corrected chi connectivity index (χ1v) is 11.0. The normalized spacial score (nSPS) is 14.9. The summed E-state index contributed by atoms with van der Waals surface area (Å²) in [5, 5.41) is 5.65. The number of para-hydroxylation sites is 2. The maximum Gasteiger partial charge on any atom is 0.223 e. The quantitative estimate of drug-likeness (QED) is 0.488. The Morgan fingerprint density at radius 3 is 2.57 bits per heavy atom. The minimum atomic E-state index is 0.164. The number of nitrogens with zero attached hydrogens (tertiary/aromatic N) is 2. The van der Waals surface area contributed by atoms with E-state index in [1.54, 1.807) is 0 Å². The smallest absolute Gasteiger partial charge is 0.223 e. The molecule has 1 aliphatic rings. The number of hydrogen-bond acceptors (Lipinski definition) is 2. The van der Waals surface area contributed by atoms with Crippen molar-refractivity contribution < 1.29 is 4.79 Å². The Hall–Kier alpha value is -3.14. The zero-order valence-corrected chi connectivity index (χ0v) is 17.2. The Balaban J connectivity index is 1.42. The number of hydrogen-bond donors (Lipinski definition) is 1. The van der Waals surface area contributed by atoms with Crippen LogP contribution >= 0.6 is 0 Å². The van der Waals surface area contributed by atoms with Crippen molar-refractivity contribution in [1.29, 1.82) is 0 Å². The Morgan fingerprint density at radius 2 is 1.70 bits per heavy atom. The molecule has 0 aliphatic heterocycles. The molecule has 0 atom stereocenters. The van der Waals surface area contributed by atoms with Crippen LogP contribution in [-0.4, -0.2) is 15.5 Å². The van der Waals surface area contributed by atoms with Crippen LogP contribution in [0.1, 0.15) is 43.5 Å². The van der Waals surface area contributed by atoms with Crippen LogP contribution in [-0.2, 0) is 17.9 Å². The van der Waals surface area contributed by atoms with Gasteiger partial charge in [0.25, 0.3) is 0 Å². The summed E-state index contributed by atoms with van der Waals surface area (Å²) in [6, 6.07) is 23.2. The second kappa shape index (κ2) is 8.31. The van der Waals surface area contributed by atoms with E-state index < -0.39 is 0 Å². The minimum absolute atomic E-state index is 0.164. The van der Waals surface area contributed by atoms with Gasteiger partial charge in [-0.25, -0.2) is 4.98 Å². The predicted molar refractivity (Wildman–Crippen MR) is 121 cm³/mol. The molecule has 0 saturated heterocycles. The minimum Gasteiger partial charge on any atom is -0.349 e. The lowest BCUT2D eigenvalue weighted by Gasteiger charge is -2.20. The number of aromatic nitrogens is 2. The molecule has 1 aromatic heterocycles. The topological polar surface area (TPSA) is 46.9 Å². The van der Waals surface area contributed by atoms with E-state index in [4.69, 9.17) is 4.98 Å². The van der Waals surface area contributed by atoms with Crippen LogP contribution in [0.15, 0.2) is 66.7 Å². The van der Waals surface area contributed by atoms with E-state index in [1.165, 1.54) is 35.6 Å². The van der Waals surface area contributed by atoms with Gasteiger partial charge in [0.15, 0.2) is 0 Å². The molecule has 3 aromatic carbocycles. The molecule has 5 rings (SSSR count). The lowest BCUT2D eigenvalue weighted by atomic mass is 9.89. The van der Waals surface area contributed by atoms with Gasteiger partial charge in [0.2, 0.25) is 5.91 Å². The predicted octanol–water partition coefficient (Wildman–Crippen LogP) is 5.43. The molecule has 30 heavy (non-hydrogen) atoms. The van der Waals surface area contributed by atoms with E-state index in [-0.39, 0.29) is 11.8 Å². The Morgan fingerprint density at radius 1 is 0.933 bits per heavy atom. The van der Waals surface area contributed by atoms with Crippen LogP contribution in [0.5, 0.6) is 0 Å². The van der Waals surface area contributed by atoms with Crippen LogP contribution in [0.3, 0.4) is 0 Å². The van der Waals surface area contributed by atoms with Gasteiger partial charge in [0, 0.05) is 12.5 Å².